The Hall–Kier alpha value is -2.23. The van der Waals surface area contributed by atoms with Crippen molar-refractivity contribution < 1.29 is 9.47 Å². The predicted molar refractivity (Wildman–Crippen MR) is 75.3 cm³/mol. The molecule has 2 aromatic rings. The van der Waals surface area contributed by atoms with Gasteiger partial charge in [0.15, 0.2) is 0 Å². The van der Waals surface area contributed by atoms with Gasteiger partial charge >= 0.3 is 0 Å². The number of nitrogen functional groups attached to an aromatic ring is 1. The molecule has 0 atom stereocenters. The molecular weight excluding hydrogens is 240 g/mol. The maximum absolute atomic E-state index is 5.97. The average molecular weight is 258 g/mol. The van der Waals surface area contributed by atoms with Crippen LogP contribution in [0.25, 0.3) is 0 Å². The zero-order valence-corrected chi connectivity index (χ0v) is 11.2. The molecule has 0 saturated carbocycles. The molecular formula is C15H18N2O2. The summed E-state index contributed by atoms with van der Waals surface area (Å²) in [5.74, 6) is 1.38. The van der Waals surface area contributed by atoms with Gasteiger partial charge < -0.3 is 15.2 Å². The number of aromatic nitrogens is 1. The first-order valence-corrected chi connectivity index (χ1v) is 6.27. The van der Waals surface area contributed by atoms with Gasteiger partial charge in [0.1, 0.15) is 12.4 Å². The van der Waals surface area contributed by atoms with Crippen LogP contribution in [0.2, 0.25) is 0 Å². The molecule has 4 nitrogen and oxygen atoms in total. The highest BCUT2D eigenvalue weighted by atomic mass is 16.5. The average Bonchev–Trinajstić information content (AvgIpc) is 2.40. The van der Waals surface area contributed by atoms with Gasteiger partial charge in [0.05, 0.1) is 12.2 Å². The number of anilines is 1. The van der Waals surface area contributed by atoms with Crippen molar-refractivity contribution in [1.29, 1.82) is 0 Å². The summed E-state index contributed by atoms with van der Waals surface area (Å²) in [5.41, 5.74) is 8.49. The van der Waals surface area contributed by atoms with Gasteiger partial charge in [0.25, 0.3) is 0 Å². The topological polar surface area (TPSA) is 57.4 Å². The summed E-state index contributed by atoms with van der Waals surface area (Å²) in [7, 11) is 0. The third-order valence-corrected chi connectivity index (χ3v) is 2.78. The SMILES string of the molecule is CCOc1cccc(N)c1COc1ncccc1C. The number of hydrogen-bond acceptors (Lipinski definition) is 4. The second-order valence-corrected chi connectivity index (χ2v) is 4.17. The van der Waals surface area contributed by atoms with Crippen molar-refractivity contribution in [2.45, 2.75) is 20.5 Å². The van der Waals surface area contributed by atoms with Gasteiger partial charge in [-0.15, -0.1) is 0 Å². The first-order chi connectivity index (χ1) is 9.22. The van der Waals surface area contributed by atoms with Crippen LogP contribution in [0, 0.1) is 6.92 Å². The standard InChI is InChI=1S/C15H18N2O2/c1-3-18-14-8-4-7-13(16)12(14)10-19-15-11(2)6-5-9-17-15/h4-9H,3,10,16H2,1-2H3. The Bertz CT molecular complexity index is 556. The predicted octanol–water partition coefficient (Wildman–Crippen LogP) is 2.95. The fourth-order valence-corrected chi connectivity index (χ4v) is 1.79. The first-order valence-electron chi connectivity index (χ1n) is 6.27. The quantitative estimate of drug-likeness (QED) is 0.838. The number of ether oxygens (including phenoxy) is 2. The molecule has 2 rings (SSSR count). The van der Waals surface area contributed by atoms with Crippen molar-refractivity contribution in [3.05, 3.63) is 47.7 Å². The molecule has 0 radical (unpaired) electrons. The number of benzene rings is 1. The molecule has 0 spiro atoms. The zero-order chi connectivity index (χ0) is 13.7. The van der Waals surface area contributed by atoms with Crippen molar-refractivity contribution in [3.63, 3.8) is 0 Å². The minimum absolute atomic E-state index is 0.347. The van der Waals surface area contributed by atoms with Crippen molar-refractivity contribution >= 4 is 5.69 Å². The molecule has 19 heavy (non-hydrogen) atoms. The first kappa shape index (κ1) is 13.2. The van der Waals surface area contributed by atoms with Crippen molar-refractivity contribution in [1.82, 2.24) is 4.98 Å². The van der Waals surface area contributed by atoms with Crippen LogP contribution in [0.15, 0.2) is 36.5 Å². The number of pyridine rings is 1. The molecule has 1 aromatic carbocycles. The van der Waals surface area contributed by atoms with Crippen LogP contribution in [0.3, 0.4) is 0 Å². The Morgan fingerprint density at radius 3 is 2.74 bits per heavy atom. The minimum Gasteiger partial charge on any atom is -0.493 e. The van der Waals surface area contributed by atoms with Gasteiger partial charge in [-0.05, 0) is 32.0 Å². The summed E-state index contributed by atoms with van der Waals surface area (Å²) in [4.78, 5) is 4.19. The Kier molecular flexibility index (Phi) is 4.23. The fourth-order valence-electron chi connectivity index (χ4n) is 1.79. The summed E-state index contributed by atoms with van der Waals surface area (Å²) < 4.78 is 11.3. The lowest BCUT2D eigenvalue weighted by molar-refractivity contribution is 0.277. The number of nitrogens with zero attached hydrogens (tertiary/aromatic N) is 1. The third kappa shape index (κ3) is 3.16. The molecule has 0 aliphatic rings. The van der Waals surface area contributed by atoms with Gasteiger partial charge in [-0.25, -0.2) is 4.98 Å². The normalized spacial score (nSPS) is 10.2. The van der Waals surface area contributed by atoms with E-state index in [9.17, 15) is 0 Å². The number of aryl methyl sites for hydroxylation is 1. The van der Waals surface area contributed by atoms with Crippen LogP contribution >= 0.6 is 0 Å². The number of hydrogen-bond donors (Lipinski definition) is 1. The van der Waals surface area contributed by atoms with E-state index < -0.39 is 0 Å². The Labute approximate surface area is 113 Å². The highest BCUT2D eigenvalue weighted by Crippen LogP contribution is 2.26. The van der Waals surface area contributed by atoms with E-state index in [2.05, 4.69) is 4.98 Å². The van der Waals surface area contributed by atoms with Crippen LogP contribution < -0.4 is 15.2 Å². The molecule has 0 unspecified atom stereocenters. The molecule has 4 heteroatoms. The van der Waals surface area contributed by atoms with Gasteiger partial charge in [-0.3, -0.25) is 0 Å². The second-order valence-electron chi connectivity index (χ2n) is 4.17. The monoisotopic (exact) mass is 258 g/mol. The molecule has 0 saturated heterocycles. The molecule has 2 N–H and O–H groups in total. The second kappa shape index (κ2) is 6.09. The smallest absolute Gasteiger partial charge is 0.216 e. The van der Waals surface area contributed by atoms with Crippen molar-refractivity contribution in [3.8, 4) is 11.6 Å². The van der Waals surface area contributed by atoms with Crippen LogP contribution in [-0.4, -0.2) is 11.6 Å². The van der Waals surface area contributed by atoms with E-state index in [0.717, 1.165) is 16.9 Å². The summed E-state index contributed by atoms with van der Waals surface area (Å²) in [6, 6.07) is 9.44. The molecule has 0 aliphatic heterocycles. The molecule has 0 bridgehead atoms. The van der Waals surface area contributed by atoms with Crippen molar-refractivity contribution in [2.24, 2.45) is 0 Å². The number of rotatable bonds is 5. The molecule has 0 aliphatic carbocycles. The van der Waals surface area contributed by atoms with E-state index in [1.165, 1.54) is 0 Å². The third-order valence-electron chi connectivity index (χ3n) is 2.78. The maximum Gasteiger partial charge on any atom is 0.216 e. The highest BCUT2D eigenvalue weighted by Gasteiger charge is 2.09. The van der Waals surface area contributed by atoms with Crippen LogP contribution in [0.5, 0.6) is 11.6 Å². The van der Waals surface area contributed by atoms with Gasteiger partial charge in [-0.1, -0.05) is 12.1 Å². The minimum atomic E-state index is 0.347. The molecule has 0 fully saturated rings. The Morgan fingerprint density at radius 1 is 1.16 bits per heavy atom. The lowest BCUT2D eigenvalue weighted by Gasteiger charge is -2.13. The molecule has 0 amide bonds. The van der Waals surface area contributed by atoms with Crippen LogP contribution in [0.4, 0.5) is 5.69 Å². The van der Waals surface area contributed by atoms with Crippen LogP contribution in [-0.2, 0) is 6.61 Å². The Balaban J connectivity index is 2.17. The highest BCUT2D eigenvalue weighted by molar-refractivity contribution is 5.54. The summed E-state index contributed by atoms with van der Waals surface area (Å²) >= 11 is 0. The van der Waals surface area contributed by atoms with Crippen molar-refractivity contribution in [2.75, 3.05) is 12.3 Å². The van der Waals surface area contributed by atoms with E-state index in [1.54, 1.807) is 6.20 Å². The summed E-state index contributed by atoms with van der Waals surface area (Å²) in [5, 5.41) is 0. The summed E-state index contributed by atoms with van der Waals surface area (Å²) in [6.07, 6.45) is 1.71. The summed E-state index contributed by atoms with van der Waals surface area (Å²) in [6.45, 7) is 4.84. The lowest BCUT2D eigenvalue weighted by atomic mass is 10.1. The molecule has 100 valence electrons. The van der Waals surface area contributed by atoms with E-state index in [0.29, 0.717) is 24.8 Å². The fraction of sp³-hybridized carbons (Fsp3) is 0.267. The van der Waals surface area contributed by atoms with Gasteiger partial charge in [0, 0.05) is 17.4 Å². The zero-order valence-electron chi connectivity index (χ0n) is 11.2. The van der Waals surface area contributed by atoms with Gasteiger partial charge in [0.2, 0.25) is 5.88 Å². The largest absolute Gasteiger partial charge is 0.493 e. The number of nitrogens with two attached hydrogens (primary N) is 1. The lowest BCUT2D eigenvalue weighted by Crippen LogP contribution is -2.05. The van der Waals surface area contributed by atoms with E-state index in [1.807, 2.05) is 44.2 Å². The van der Waals surface area contributed by atoms with E-state index in [-0.39, 0.29) is 0 Å². The van der Waals surface area contributed by atoms with E-state index >= 15 is 0 Å². The molecule has 1 aromatic heterocycles. The maximum atomic E-state index is 5.97. The van der Waals surface area contributed by atoms with E-state index in [4.69, 9.17) is 15.2 Å². The Morgan fingerprint density at radius 2 is 2.00 bits per heavy atom. The van der Waals surface area contributed by atoms with Gasteiger partial charge in [-0.2, -0.15) is 0 Å². The molecule has 1 heterocycles. The van der Waals surface area contributed by atoms with Crippen LogP contribution in [0.1, 0.15) is 18.1 Å².